The number of amides is 2. The molecule has 2 amide bonds. The van der Waals surface area contributed by atoms with E-state index >= 15 is 0 Å². The highest BCUT2D eigenvalue weighted by Gasteiger charge is 2.34. The maximum absolute atomic E-state index is 13.1. The SMILES string of the molecule is COc1cc(/C=C2/C(=O)NC(=S)N(c3cccc(C)c3)C2=O)cc(OC)c1OC. The molecule has 8 heteroatoms. The van der Waals surface area contributed by atoms with Gasteiger partial charge in [-0.3, -0.25) is 19.8 Å². The van der Waals surface area contributed by atoms with Gasteiger partial charge in [0.15, 0.2) is 16.6 Å². The predicted molar refractivity (Wildman–Crippen MR) is 113 cm³/mol. The minimum atomic E-state index is -0.572. The lowest BCUT2D eigenvalue weighted by Crippen LogP contribution is -2.54. The number of aryl methyl sites for hydroxylation is 1. The topological polar surface area (TPSA) is 77.1 Å². The molecule has 7 nitrogen and oxygen atoms in total. The van der Waals surface area contributed by atoms with E-state index in [0.29, 0.717) is 28.5 Å². The third-order valence-corrected chi connectivity index (χ3v) is 4.64. The number of hydrogen-bond acceptors (Lipinski definition) is 6. The first-order chi connectivity index (χ1) is 13.9. The molecule has 0 spiro atoms. The van der Waals surface area contributed by atoms with Crippen molar-refractivity contribution in [2.45, 2.75) is 6.92 Å². The maximum atomic E-state index is 13.1. The van der Waals surface area contributed by atoms with Crippen LogP contribution in [0.5, 0.6) is 17.2 Å². The fraction of sp³-hybridized carbons (Fsp3) is 0.190. The Morgan fingerprint density at radius 1 is 1.00 bits per heavy atom. The van der Waals surface area contributed by atoms with Gasteiger partial charge in [0, 0.05) is 0 Å². The Balaban J connectivity index is 2.07. The summed E-state index contributed by atoms with van der Waals surface area (Å²) in [7, 11) is 4.48. The zero-order chi connectivity index (χ0) is 21.1. The van der Waals surface area contributed by atoms with Crippen LogP contribution in [-0.2, 0) is 9.59 Å². The average Bonchev–Trinajstić information content (AvgIpc) is 2.70. The van der Waals surface area contributed by atoms with Crippen molar-refractivity contribution >= 4 is 40.9 Å². The minimum absolute atomic E-state index is 0.0349. The van der Waals surface area contributed by atoms with Crippen molar-refractivity contribution < 1.29 is 23.8 Å². The third kappa shape index (κ3) is 3.93. The number of benzene rings is 2. The van der Waals surface area contributed by atoms with Crippen molar-refractivity contribution in [3.8, 4) is 17.2 Å². The van der Waals surface area contributed by atoms with Crippen LogP contribution in [0.1, 0.15) is 11.1 Å². The van der Waals surface area contributed by atoms with Crippen LogP contribution in [0.4, 0.5) is 5.69 Å². The van der Waals surface area contributed by atoms with Crippen LogP contribution in [0, 0.1) is 6.92 Å². The van der Waals surface area contributed by atoms with E-state index in [-0.39, 0.29) is 10.7 Å². The molecule has 1 aliphatic heterocycles. The number of thiocarbonyl (C=S) groups is 1. The van der Waals surface area contributed by atoms with E-state index in [2.05, 4.69) is 5.32 Å². The normalized spacial score (nSPS) is 15.4. The van der Waals surface area contributed by atoms with Gasteiger partial charge in [-0.15, -0.1) is 0 Å². The summed E-state index contributed by atoms with van der Waals surface area (Å²) in [6.07, 6.45) is 1.46. The van der Waals surface area contributed by atoms with Gasteiger partial charge in [0.2, 0.25) is 5.75 Å². The summed E-state index contributed by atoms with van der Waals surface area (Å²) >= 11 is 5.23. The largest absolute Gasteiger partial charge is 0.493 e. The van der Waals surface area contributed by atoms with E-state index in [1.54, 1.807) is 18.2 Å². The second-order valence-corrected chi connectivity index (χ2v) is 6.64. The number of nitrogens with zero attached hydrogens (tertiary/aromatic N) is 1. The Kier molecular flexibility index (Phi) is 5.84. The summed E-state index contributed by atoms with van der Waals surface area (Å²) in [6.45, 7) is 1.91. The first-order valence-corrected chi connectivity index (χ1v) is 9.08. The number of carbonyl (C=O) groups excluding carboxylic acids is 2. The zero-order valence-electron chi connectivity index (χ0n) is 16.4. The van der Waals surface area contributed by atoms with Crippen molar-refractivity contribution in [2.24, 2.45) is 0 Å². The highest BCUT2D eigenvalue weighted by atomic mass is 32.1. The summed E-state index contributed by atoms with van der Waals surface area (Å²) < 4.78 is 16.0. The lowest BCUT2D eigenvalue weighted by Gasteiger charge is -2.29. The Bertz CT molecular complexity index is 1010. The van der Waals surface area contributed by atoms with E-state index in [0.717, 1.165) is 5.56 Å². The molecule has 0 aliphatic carbocycles. The van der Waals surface area contributed by atoms with E-state index in [9.17, 15) is 9.59 Å². The molecular weight excluding hydrogens is 392 g/mol. The van der Waals surface area contributed by atoms with Crippen LogP contribution >= 0.6 is 12.2 Å². The van der Waals surface area contributed by atoms with Crippen LogP contribution in [0.2, 0.25) is 0 Å². The molecule has 1 fully saturated rings. The van der Waals surface area contributed by atoms with Crippen LogP contribution < -0.4 is 24.4 Å². The number of ether oxygens (including phenoxy) is 3. The summed E-state index contributed by atoms with van der Waals surface area (Å²) in [4.78, 5) is 26.9. The molecule has 0 bridgehead atoms. The fourth-order valence-corrected chi connectivity index (χ4v) is 3.29. The van der Waals surface area contributed by atoms with Crippen molar-refractivity contribution in [1.82, 2.24) is 5.32 Å². The van der Waals surface area contributed by atoms with Gasteiger partial charge in [-0.25, -0.2) is 0 Å². The predicted octanol–water partition coefficient (Wildman–Crippen LogP) is 2.85. The van der Waals surface area contributed by atoms with Gasteiger partial charge in [-0.2, -0.15) is 0 Å². The van der Waals surface area contributed by atoms with Gasteiger partial charge in [-0.1, -0.05) is 12.1 Å². The van der Waals surface area contributed by atoms with Crippen molar-refractivity contribution in [1.29, 1.82) is 0 Å². The van der Waals surface area contributed by atoms with Gasteiger partial charge in [0.1, 0.15) is 5.57 Å². The van der Waals surface area contributed by atoms with Crippen molar-refractivity contribution in [3.63, 3.8) is 0 Å². The second-order valence-electron chi connectivity index (χ2n) is 6.26. The molecule has 0 saturated carbocycles. The van der Waals surface area contributed by atoms with Crippen molar-refractivity contribution in [3.05, 3.63) is 53.1 Å². The first-order valence-electron chi connectivity index (χ1n) is 8.67. The van der Waals surface area contributed by atoms with Gasteiger partial charge < -0.3 is 14.2 Å². The van der Waals surface area contributed by atoms with Crippen LogP contribution in [-0.4, -0.2) is 38.3 Å². The fourth-order valence-electron chi connectivity index (χ4n) is 3.01. The monoisotopic (exact) mass is 412 g/mol. The number of carbonyl (C=O) groups is 2. The molecule has 3 rings (SSSR count). The molecule has 29 heavy (non-hydrogen) atoms. The Hall–Kier alpha value is -3.39. The third-order valence-electron chi connectivity index (χ3n) is 4.36. The number of nitrogens with one attached hydrogen (secondary N) is 1. The molecule has 0 radical (unpaired) electrons. The van der Waals surface area contributed by atoms with Gasteiger partial charge in [-0.05, 0) is 60.6 Å². The standard InChI is InChI=1S/C21H20N2O5S/c1-12-6-5-7-14(8-12)23-20(25)15(19(24)22-21(23)29)9-13-10-16(26-2)18(28-4)17(11-13)27-3/h5-11H,1-4H3,(H,22,24,29)/b15-9-. The minimum Gasteiger partial charge on any atom is -0.493 e. The number of hydrogen-bond donors (Lipinski definition) is 1. The van der Waals surface area contributed by atoms with E-state index in [1.165, 1.54) is 32.3 Å². The summed E-state index contributed by atoms with van der Waals surface area (Å²) in [6, 6.07) is 10.6. The molecule has 0 unspecified atom stereocenters. The Labute approximate surface area is 173 Å². The molecule has 2 aromatic rings. The molecule has 1 saturated heterocycles. The molecular formula is C21H20N2O5S. The van der Waals surface area contributed by atoms with Crippen LogP contribution in [0.25, 0.3) is 6.08 Å². The summed E-state index contributed by atoms with van der Waals surface area (Å²) in [5, 5.41) is 2.60. The molecule has 2 aromatic carbocycles. The zero-order valence-corrected chi connectivity index (χ0v) is 17.3. The molecule has 1 heterocycles. The second kappa shape index (κ2) is 8.32. The van der Waals surface area contributed by atoms with E-state index in [4.69, 9.17) is 26.4 Å². The highest BCUT2D eigenvalue weighted by molar-refractivity contribution is 7.80. The summed E-state index contributed by atoms with van der Waals surface area (Å²) in [5.74, 6) is 0.150. The number of anilines is 1. The lowest BCUT2D eigenvalue weighted by molar-refractivity contribution is -0.122. The lowest BCUT2D eigenvalue weighted by atomic mass is 10.1. The van der Waals surface area contributed by atoms with Crippen LogP contribution in [0.15, 0.2) is 42.0 Å². The molecule has 0 aromatic heterocycles. The molecule has 0 atom stereocenters. The summed E-state index contributed by atoms with van der Waals surface area (Å²) in [5.41, 5.74) is 2.02. The van der Waals surface area contributed by atoms with E-state index < -0.39 is 11.8 Å². The van der Waals surface area contributed by atoms with Crippen molar-refractivity contribution in [2.75, 3.05) is 26.2 Å². The number of rotatable bonds is 5. The highest BCUT2D eigenvalue weighted by Crippen LogP contribution is 2.39. The maximum Gasteiger partial charge on any atom is 0.270 e. The van der Waals surface area contributed by atoms with Gasteiger partial charge >= 0.3 is 0 Å². The van der Waals surface area contributed by atoms with Gasteiger partial charge in [0.05, 0.1) is 27.0 Å². The number of methoxy groups -OCH3 is 3. The molecule has 1 N–H and O–H groups in total. The van der Waals surface area contributed by atoms with Gasteiger partial charge in [0.25, 0.3) is 11.8 Å². The smallest absolute Gasteiger partial charge is 0.270 e. The average molecular weight is 412 g/mol. The van der Waals surface area contributed by atoms with E-state index in [1.807, 2.05) is 25.1 Å². The molecule has 1 aliphatic rings. The first kappa shape index (κ1) is 20.3. The Morgan fingerprint density at radius 3 is 2.21 bits per heavy atom. The molecule has 150 valence electrons. The van der Waals surface area contributed by atoms with Crippen LogP contribution in [0.3, 0.4) is 0 Å². The Morgan fingerprint density at radius 2 is 1.66 bits per heavy atom. The quantitative estimate of drug-likeness (QED) is 0.462.